The van der Waals surface area contributed by atoms with Crippen molar-refractivity contribution < 1.29 is 24.2 Å². The smallest absolute Gasteiger partial charge is 0.218 e. The fourth-order valence-corrected chi connectivity index (χ4v) is 7.19. The topological polar surface area (TPSA) is 174 Å². The van der Waals surface area contributed by atoms with E-state index in [1.165, 1.54) is 25.0 Å². The third-order valence-electron chi connectivity index (χ3n) is 9.04. The molecule has 3 N–H and O–H groups in total. The van der Waals surface area contributed by atoms with Crippen LogP contribution in [0.2, 0.25) is 5.15 Å². The van der Waals surface area contributed by atoms with Gasteiger partial charge < -0.3 is 15.5 Å². The van der Waals surface area contributed by atoms with E-state index in [1.54, 1.807) is 21.5 Å². The molecule has 55 heavy (non-hydrogen) atoms. The fraction of sp³-hybridized carbons (Fsp3) is 0.263. The quantitative estimate of drug-likeness (QED) is 0.100. The van der Waals surface area contributed by atoms with Gasteiger partial charge >= 0.3 is 0 Å². The van der Waals surface area contributed by atoms with Crippen molar-refractivity contribution >= 4 is 60.8 Å². The van der Waals surface area contributed by atoms with E-state index in [4.69, 9.17) is 11.6 Å². The molecule has 0 saturated heterocycles. The maximum atomic E-state index is 14.5. The Labute approximate surface area is 337 Å². The van der Waals surface area contributed by atoms with Gasteiger partial charge in [-0.25, -0.2) is 24.3 Å². The highest BCUT2D eigenvalue weighted by Crippen LogP contribution is 2.31. The summed E-state index contributed by atoms with van der Waals surface area (Å²) in [7, 11) is 0. The number of aliphatic hydroxyl groups excluding tert-OH is 2. The summed E-state index contributed by atoms with van der Waals surface area (Å²) in [6, 6.07) is 18.4. The van der Waals surface area contributed by atoms with Crippen LogP contribution >= 0.6 is 43.5 Å². The number of hydrogen-bond donors (Lipinski definition) is 3. The molecule has 0 amide bonds. The van der Waals surface area contributed by atoms with Crippen molar-refractivity contribution in [2.45, 2.75) is 51.7 Å². The Morgan fingerprint density at radius 1 is 0.855 bits per heavy atom. The summed E-state index contributed by atoms with van der Waals surface area (Å²) < 4.78 is 20.0. The molecule has 7 rings (SSSR count). The summed E-state index contributed by atoms with van der Waals surface area (Å²) in [6.45, 7) is 4.54. The lowest BCUT2D eigenvalue weighted by atomic mass is 10.1. The van der Waals surface area contributed by atoms with Crippen molar-refractivity contribution in [3.05, 3.63) is 145 Å². The van der Waals surface area contributed by atoms with Crippen molar-refractivity contribution in [3.63, 3.8) is 0 Å². The van der Waals surface area contributed by atoms with Crippen molar-refractivity contribution in [2.24, 2.45) is 5.92 Å². The van der Waals surface area contributed by atoms with Gasteiger partial charge in [0.25, 0.3) is 0 Å². The minimum absolute atomic E-state index is 0.129. The monoisotopic (exact) mass is 893 g/mol. The molecule has 1 aliphatic carbocycles. The molecule has 1 saturated carbocycles. The predicted octanol–water partition coefficient (Wildman–Crippen LogP) is 6.19. The van der Waals surface area contributed by atoms with Crippen LogP contribution < -0.4 is 5.32 Å². The summed E-state index contributed by atoms with van der Waals surface area (Å²) in [5.41, 5.74) is 4.79. The zero-order valence-electron chi connectivity index (χ0n) is 29.5. The van der Waals surface area contributed by atoms with Gasteiger partial charge in [-0.05, 0) is 67.8 Å². The van der Waals surface area contributed by atoms with Crippen molar-refractivity contribution in [1.82, 2.24) is 39.5 Å². The number of aryl methyl sites for hydroxylation is 2. The van der Waals surface area contributed by atoms with Gasteiger partial charge in [0.05, 0.1) is 36.4 Å². The van der Waals surface area contributed by atoms with Gasteiger partial charge in [-0.1, -0.05) is 67.7 Å². The van der Waals surface area contributed by atoms with Crippen LogP contribution in [0.4, 0.5) is 10.2 Å². The molecule has 0 unspecified atom stereocenters. The van der Waals surface area contributed by atoms with Crippen LogP contribution in [0.1, 0.15) is 61.0 Å². The minimum atomic E-state index is -1.59. The number of alkyl halides is 1. The number of benzene rings is 2. The van der Waals surface area contributed by atoms with E-state index in [2.05, 4.69) is 67.3 Å². The lowest BCUT2D eigenvalue weighted by molar-refractivity contribution is 0.0444. The lowest BCUT2D eigenvalue weighted by Gasteiger charge is -2.18. The summed E-state index contributed by atoms with van der Waals surface area (Å²) in [4.78, 5) is 41.4. The number of nitrogens with one attached hydrogen (secondary N) is 1. The standard InChI is InChI=1S/C22H23BrFN5O3.C16H12BrClN4O/c1-12-5-18(28-29(12)9-13-3-2-4-15(23)6-13)21(32)16-8-25-11-26-22(16)27-17-7-14(10-30)20(31)19(17)24;1-10-5-14(15(23)13-7-19-9-20-16(13)18)21-22(10)8-11-3-2-4-12(17)6-11/h2-6,8,11,14,17,19-20,30-31H,7,9-10H2,1H3,(H,25,26,27);2-7,9H,8H2,1H3/t14-,17-,19-,20-;/m1./s1. The SMILES string of the molecule is Cc1cc(C(=O)c2cncnc2Cl)nn1Cc1cccc(Br)c1.Cc1cc(C(=O)c2cncnc2N[C@@H]2C[C@H](CO)[C@@H](O)[C@@H]2F)nn1Cc1cccc(Br)c1. The Balaban J connectivity index is 0.000000197. The first kappa shape index (κ1) is 39.9. The van der Waals surface area contributed by atoms with Crippen molar-refractivity contribution in [3.8, 4) is 0 Å². The highest BCUT2D eigenvalue weighted by Gasteiger charge is 2.43. The summed E-state index contributed by atoms with van der Waals surface area (Å²) in [6.07, 6.45) is 2.69. The molecule has 0 aliphatic heterocycles. The zero-order chi connectivity index (χ0) is 39.2. The Morgan fingerprint density at radius 3 is 1.89 bits per heavy atom. The second-order valence-electron chi connectivity index (χ2n) is 13.0. The van der Waals surface area contributed by atoms with E-state index in [-0.39, 0.29) is 46.6 Å². The van der Waals surface area contributed by atoms with Gasteiger partial charge in [0.2, 0.25) is 11.6 Å². The molecule has 13 nitrogen and oxygen atoms in total. The maximum absolute atomic E-state index is 14.5. The molecule has 0 radical (unpaired) electrons. The van der Waals surface area contributed by atoms with Crippen LogP contribution in [-0.4, -0.2) is 86.2 Å². The molecule has 6 aromatic rings. The largest absolute Gasteiger partial charge is 0.396 e. The second-order valence-corrected chi connectivity index (χ2v) is 15.1. The minimum Gasteiger partial charge on any atom is -0.396 e. The van der Waals surface area contributed by atoms with Crippen LogP contribution in [0, 0.1) is 19.8 Å². The van der Waals surface area contributed by atoms with Crippen LogP contribution in [0.5, 0.6) is 0 Å². The van der Waals surface area contributed by atoms with Crippen molar-refractivity contribution in [2.75, 3.05) is 11.9 Å². The van der Waals surface area contributed by atoms with Crippen LogP contribution in [0.25, 0.3) is 0 Å². The molecular weight excluding hydrogens is 861 g/mol. The summed E-state index contributed by atoms with van der Waals surface area (Å²) >= 11 is 12.9. The van der Waals surface area contributed by atoms with Crippen molar-refractivity contribution in [1.29, 1.82) is 0 Å². The van der Waals surface area contributed by atoms with Gasteiger partial charge in [0.1, 0.15) is 41.2 Å². The average molecular weight is 896 g/mol. The summed E-state index contributed by atoms with van der Waals surface area (Å²) in [5, 5.41) is 31.2. The molecule has 4 aromatic heterocycles. The number of rotatable bonds is 11. The van der Waals surface area contributed by atoms with Crippen LogP contribution in [0.3, 0.4) is 0 Å². The first-order chi connectivity index (χ1) is 26.4. The van der Waals surface area contributed by atoms with E-state index in [0.717, 1.165) is 31.5 Å². The Bertz CT molecular complexity index is 2320. The fourth-order valence-electron chi connectivity index (χ4n) is 6.12. The van der Waals surface area contributed by atoms with E-state index < -0.39 is 30.0 Å². The van der Waals surface area contributed by atoms with Crippen LogP contribution in [-0.2, 0) is 13.1 Å². The number of aromatic nitrogens is 8. The van der Waals surface area contributed by atoms with E-state index >= 15 is 0 Å². The first-order valence-corrected chi connectivity index (χ1v) is 19.0. The van der Waals surface area contributed by atoms with E-state index in [9.17, 15) is 24.2 Å². The van der Waals surface area contributed by atoms with E-state index in [1.807, 2.05) is 62.4 Å². The number of carbonyl (C=O) groups excluding carboxylic acids is 2. The highest BCUT2D eigenvalue weighted by molar-refractivity contribution is 9.10. The molecule has 4 atom stereocenters. The Hall–Kier alpha value is -4.74. The normalized spacial score (nSPS) is 17.7. The molecule has 17 heteroatoms. The zero-order valence-corrected chi connectivity index (χ0v) is 33.4. The number of carbonyl (C=O) groups is 2. The third-order valence-corrected chi connectivity index (χ3v) is 10.3. The number of halogens is 4. The molecule has 4 heterocycles. The Morgan fingerprint density at radius 2 is 1.38 bits per heavy atom. The highest BCUT2D eigenvalue weighted by atomic mass is 79.9. The number of nitrogens with zero attached hydrogens (tertiary/aromatic N) is 8. The third kappa shape index (κ3) is 9.56. The maximum Gasteiger partial charge on any atom is 0.218 e. The molecule has 0 spiro atoms. The van der Waals surface area contributed by atoms with Gasteiger partial charge in [0, 0.05) is 45.3 Å². The molecule has 284 valence electrons. The summed E-state index contributed by atoms with van der Waals surface area (Å²) in [5.74, 6) is -1.08. The lowest BCUT2D eigenvalue weighted by Crippen LogP contribution is -2.32. The van der Waals surface area contributed by atoms with Gasteiger partial charge in [-0.2, -0.15) is 10.2 Å². The molecule has 1 fully saturated rings. The Kier molecular flexibility index (Phi) is 12.9. The second kappa shape index (κ2) is 17.8. The van der Waals surface area contributed by atoms with Crippen LogP contribution in [0.15, 0.2) is 94.7 Å². The van der Waals surface area contributed by atoms with Gasteiger partial charge in [-0.3, -0.25) is 19.0 Å². The first-order valence-electron chi connectivity index (χ1n) is 17.0. The molecule has 2 aromatic carbocycles. The van der Waals surface area contributed by atoms with Gasteiger partial charge in [-0.15, -0.1) is 0 Å². The average Bonchev–Trinajstić information content (AvgIpc) is 3.81. The molecule has 1 aliphatic rings. The number of hydrogen-bond acceptors (Lipinski definition) is 11. The van der Waals surface area contributed by atoms with E-state index in [0.29, 0.717) is 18.8 Å². The van der Waals surface area contributed by atoms with Gasteiger partial charge in [0.15, 0.2) is 0 Å². The number of anilines is 1. The molecule has 0 bridgehead atoms. The predicted molar refractivity (Wildman–Crippen MR) is 210 cm³/mol. The number of ketones is 2. The molecular formula is C38H35Br2ClFN9O4. The number of aliphatic hydroxyl groups is 2.